The average molecular weight is 394 g/mol. The molecule has 0 unspecified atom stereocenters. The van der Waals surface area contributed by atoms with Gasteiger partial charge in [-0.25, -0.2) is 4.68 Å². The summed E-state index contributed by atoms with van der Waals surface area (Å²) >= 11 is 0. The number of aryl methyl sites for hydroxylation is 1. The molecular weight excluding hydrogens is 376 g/mol. The van der Waals surface area contributed by atoms with E-state index in [0.29, 0.717) is 28.5 Å². The highest BCUT2D eigenvalue weighted by atomic mass is 16.6. The highest BCUT2D eigenvalue weighted by Crippen LogP contribution is 2.20. The summed E-state index contributed by atoms with van der Waals surface area (Å²) in [6.45, 7) is 3.01. The maximum atomic E-state index is 12.3. The average Bonchev–Trinajstić information content (AvgIpc) is 3.06. The molecule has 1 aromatic heterocycles. The third kappa shape index (κ3) is 4.83. The van der Waals surface area contributed by atoms with Crippen LogP contribution in [0.3, 0.4) is 0 Å². The topological polar surface area (TPSA) is 116 Å². The van der Waals surface area contributed by atoms with Crippen LogP contribution in [-0.2, 0) is 4.79 Å². The molecule has 1 N–H and O–H groups in total. The van der Waals surface area contributed by atoms with Gasteiger partial charge in [-0.2, -0.15) is 5.10 Å². The van der Waals surface area contributed by atoms with Crippen LogP contribution in [-0.4, -0.2) is 33.0 Å². The Bertz CT molecular complexity index is 1060. The van der Waals surface area contributed by atoms with Crippen molar-refractivity contribution < 1.29 is 19.2 Å². The zero-order valence-electron chi connectivity index (χ0n) is 15.8. The van der Waals surface area contributed by atoms with Crippen molar-refractivity contribution in [2.45, 2.75) is 13.8 Å². The Morgan fingerprint density at radius 2 is 1.79 bits per heavy atom. The molecular formula is C20H18N4O5. The number of ketones is 1. The fourth-order valence-electron chi connectivity index (χ4n) is 2.61. The van der Waals surface area contributed by atoms with Gasteiger partial charge in [-0.3, -0.25) is 19.7 Å². The molecule has 3 aromatic rings. The van der Waals surface area contributed by atoms with Crippen molar-refractivity contribution in [1.82, 2.24) is 9.78 Å². The summed E-state index contributed by atoms with van der Waals surface area (Å²) < 4.78 is 6.93. The van der Waals surface area contributed by atoms with E-state index in [1.54, 1.807) is 49.4 Å². The van der Waals surface area contributed by atoms with E-state index in [0.717, 1.165) is 0 Å². The first-order chi connectivity index (χ1) is 13.8. The first-order valence-electron chi connectivity index (χ1n) is 8.68. The summed E-state index contributed by atoms with van der Waals surface area (Å²) in [7, 11) is 0. The van der Waals surface area contributed by atoms with E-state index in [1.165, 1.54) is 23.7 Å². The molecule has 0 bridgehead atoms. The Hall–Kier alpha value is -4.01. The number of nitro groups is 1. The summed E-state index contributed by atoms with van der Waals surface area (Å²) in [5.74, 6) is 0.426. The lowest BCUT2D eigenvalue weighted by Gasteiger charge is -2.10. The minimum atomic E-state index is -0.485. The number of hydrogen-bond acceptors (Lipinski definition) is 6. The summed E-state index contributed by atoms with van der Waals surface area (Å²) in [5.41, 5.74) is 1.76. The molecule has 0 spiro atoms. The molecule has 0 fully saturated rings. The van der Waals surface area contributed by atoms with Crippen LogP contribution >= 0.6 is 0 Å². The Balaban J connectivity index is 1.67. The van der Waals surface area contributed by atoms with Gasteiger partial charge in [-0.05, 0) is 50.2 Å². The van der Waals surface area contributed by atoms with Gasteiger partial charge in [0.25, 0.3) is 11.6 Å². The number of ether oxygens (including phenoxy) is 1. The van der Waals surface area contributed by atoms with E-state index in [1.807, 2.05) is 0 Å². The van der Waals surface area contributed by atoms with Gasteiger partial charge >= 0.3 is 0 Å². The number of amides is 1. The number of anilines is 1. The zero-order chi connectivity index (χ0) is 21.0. The lowest BCUT2D eigenvalue weighted by Crippen LogP contribution is -2.21. The van der Waals surface area contributed by atoms with E-state index in [4.69, 9.17) is 4.74 Å². The maximum absolute atomic E-state index is 12.3. The van der Waals surface area contributed by atoms with Crippen molar-refractivity contribution in [3.63, 3.8) is 0 Å². The van der Waals surface area contributed by atoms with Crippen LogP contribution in [0.5, 0.6) is 5.75 Å². The van der Waals surface area contributed by atoms with Crippen LogP contribution in [0.4, 0.5) is 11.5 Å². The Labute approximate surface area is 166 Å². The maximum Gasteiger partial charge on any atom is 0.269 e. The second-order valence-electron chi connectivity index (χ2n) is 6.27. The number of nitrogens with zero attached hydrogens (tertiary/aromatic N) is 3. The summed E-state index contributed by atoms with van der Waals surface area (Å²) in [6.07, 6.45) is 0. The standard InChI is InChI=1S/C20H18N4O5/c1-13-11-19(23(22-13)16-5-7-17(8-6-16)24(27)28)21-20(26)12-29-18-9-3-15(4-10-18)14(2)25/h3-11H,12H2,1-2H3,(H,21,26). The summed E-state index contributed by atoms with van der Waals surface area (Å²) in [4.78, 5) is 33.9. The number of carbonyl (C=O) groups excluding carboxylic acids is 2. The third-order valence-electron chi connectivity index (χ3n) is 4.03. The molecule has 0 aliphatic rings. The molecule has 9 nitrogen and oxygen atoms in total. The largest absolute Gasteiger partial charge is 0.484 e. The Morgan fingerprint density at radius 3 is 2.38 bits per heavy atom. The van der Waals surface area contributed by atoms with Gasteiger partial charge in [-0.15, -0.1) is 0 Å². The normalized spacial score (nSPS) is 10.4. The van der Waals surface area contributed by atoms with Crippen molar-refractivity contribution in [3.8, 4) is 11.4 Å². The first kappa shape index (κ1) is 19.7. The van der Waals surface area contributed by atoms with Gasteiger partial charge in [0.2, 0.25) is 0 Å². The minimum Gasteiger partial charge on any atom is -0.484 e. The van der Waals surface area contributed by atoms with Crippen molar-refractivity contribution in [1.29, 1.82) is 0 Å². The smallest absolute Gasteiger partial charge is 0.269 e. The van der Waals surface area contributed by atoms with Gasteiger partial charge in [-0.1, -0.05) is 0 Å². The van der Waals surface area contributed by atoms with E-state index in [2.05, 4.69) is 10.4 Å². The van der Waals surface area contributed by atoms with Crippen LogP contribution < -0.4 is 10.1 Å². The van der Waals surface area contributed by atoms with E-state index in [-0.39, 0.29) is 18.1 Å². The number of hydrogen-bond donors (Lipinski definition) is 1. The van der Waals surface area contributed by atoms with Crippen LogP contribution in [0.1, 0.15) is 23.0 Å². The molecule has 1 amide bonds. The number of non-ortho nitro benzene ring substituents is 1. The molecule has 0 radical (unpaired) electrons. The number of nitrogens with one attached hydrogen (secondary N) is 1. The van der Waals surface area contributed by atoms with Crippen LogP contribution in [0.15, 0.2) is 54.6 Å². The van der Waals surface area contributed by atoms with Gasteiger partial charge in [0.05, 0.1) is 16.3 Å². The summed E-state index contributed by atoms with van der Waals surface area (Å²) in [5, 5.41) is 17.8. The van der Waals surface area contributed by atoms with Gasteiger partial charge in [0, 0.05) is 23.8 Å². The quantitative estimate of drug-likeness (QED) is 0.373. The second kappa shape index (κ2) is 8.34. The zero-order valence-corrected chi connectivity index (χ0v) is 15.8. The van der Waals surface area contributed by atoms with Crippen molar-refractivity contribution in [2.24, 2.45) is 0 Å². The molecule has 29 heavy (non-hydrogen) atoms. The molecule has 0 saturated heterocycles. The molecule has 2 aromatic carbocycles. The van der Waals surface area contributed by atoms with E-state index in [9.17, 15) is 19.7 Å². The number of benzene rings is 2. The SMILES string of the molecule is CC(=O)c1ccc(OCC(=O)Nc2cc(C)nn2-c2ccc([N+](=O)[O-])cc2)cc1. The molecule has 148 valence electrons. The Kier molecular flexibility index (Phi) is 5.68. The number of nitro benzene ring substituents is 1. The van der Waals surface area contributed by atoms with Crippen LogP contribution in [0.2, 0.25) is 0 Å². The molecule has 0 atom stereocenters. The lowest BCUT2D eigenvalue weighted by atomic mass is 10.1. The lowest BCUT2D eigenvalue weighted by molar-refractivity contribution is -0.384. The van der Waals surface area contributed by atoms with Crippen molar-refractivity contribution in [2.75, 3.05) is 11.9 Å². The highest BCUT2D eigenvalue weighted by Gasteiger charge is 2.13. The molecule has 0 aliphatic carbocycles. The monoisotopic (exact) mass is 394 g/mol. The fourth-order valence-corrected chi connectivity index (χ4v) is 2.61. The number of rotatable bonds is 7. The molecule has 1 heterocycles. The molecule has 0 saturated carbocycles. The first-order valence-corrected chi connectivity index (χ1v) is 8.68. The fraction of sp³-hybridized carbons (Fsp3) is 0.150. The van der Waals surface area contributed by atoms with Gasteiger partial charge in [0.15, 0.2) is 12.4 Å². The van der Waals surface area contributed by atoms with Crippen LogP contribution in [0, 0.1) is 17.0 Å². The second-order valence-corrected chi connectivity index (χ2v) is 6.27. The van der Waals surface area contributed by atoms with Crippen LogP contribution in [0.25, 0.3) is 5.69 Å². The number of carbonyl (C=O) groups is 2. The Morgan fingerprint density at radius 1 is 1.14 bits per heavy atom. The van der Waals surface area contributed by atoms with Crippen molar-refractivity contribution >= 4 is 23.2 Å². The number of Topliss-reactive ketones (excluding diaryl/α,β-unsaturated/α-hetero) is 1. The van der Waals surface area contributed by atoms with Gasteiger partial charge < -0.3 is 10.1 Å². The van der Waals surface area contributed by atoms with E-state index >= 15 is 0 Å². The van der Waals surface area contributed by atoms with E-state index < -0.39 is 10.8 Å². The predicted molar refractivity (Wildman–Crippen MR) is 106 cm³/mol. The predicted octanol–water partition coefficient (Wildman–Crippen LogP) is 3.31. The van der Waals surface area contributed by atoms with Gasteiger partial charge in [0.1, 0.15) is 11.6 Å². The summed E-state index contributed by atoms with van der Waals surface area (Å²) in [6, 6.07) is 14.0. The molecule has 9 heteroatoms. The highest BCUT2D eigenvalue weighted by molar-refractivity contribution is 5.94. The number of aromatic nitrogens is 2. The molecule has 0 aliphatic heterocycles. The van der Waals surface area contributed by atoms with Crippen molar-refractivity contribution in [3.05, 3.63) is 76.0 Å². The third-order valence-corrected chi connectivity index (χ3v) is 4.03. The minimum absolute atomic E-state index is 0.0348. The molecule has 3 rings (SSSR count).